The van der Waals surface area contributed by atoms with Gasteiger partial charge in [-0.25, -0.2) is 19.6 Å². The van der Waals surface area contributed by atoms with E-state index >= 15 is 0 Å². The Hall–Kier alpha value is -3.20. The van der Waals surface area contributed by atoms with Crippen molar-refractivity contribution in [2.24, 2.45) is 0 Å². The molecular formula is C28H41N5O8. The third-order valence-electron chi connectivity index (χ3n) is 6.35. The first-order valence-electron chi connectivity index (χ1n) is 13.7. The Morgan fingerprint density at radius 2 is 1.17 bits per heavy atom. The molecule has 0 aliphatic carbocycles. The number of nitrogens with zero attached hydrogens (tertiary/aromatic N) is 5. The van der Waals surface area contributed by atoms with Gasteiger partial charge in [-0.15, -0.1) is 0 Å². The van der Waals surface area contributed by atoms with E-state index in [0.29, 0.717) is 104 Å². The molecule has 13 heteroatoms. The van der Waals surface area contributed by atoms with E-state index in [1.54, 1.807) is 12.1 Å². The fraction of sp³-hybridized carbons (Fsp3) is 0.571. The lowest BCUT2D eigenvalue weighted by molar-refractivity contribution is 0.00597. The van der Waals surface area contributed by atoms with E-state index in [1.165, 1.54) is 6.07 Å². The summed E-state index contributed by atoms with van der Waals surface area (Å²) in [5.74, 6) is -2.11. The zero-order chi connectivity index (χ0) is 29.5. The summed E-state index contributed by atoms with van der Waals surface area (Å²) in [6.07, 6.45) is 0. The molecule has 0 amide bonds. The molecule has 0 aromatic carbocycles. The second kappa shape index (κ2) is 17.6. The van der Waals surface area contributed by atoms with E-state index < -0.39 is 11.9 Å². The molecule has 0 spiro atoms. The van der Waals surface area contributed by atoms with Crippen molar-refractivity contribution in [2.75, 3.05) is 98.0 Å². The minimum absolute atomic E-state index is 0.0120. The lowest BCUT2D eigenvalue weighted by atomic mass is 10.2. The first-order valence-corrected chi connectivity index (χ1v) is 13.7. The highest BCUT2D eigenvalue weighted by molar-refractivity contribution is 5.86. The first-order chi connectivity index (χ1) is 19.8. The predicted octanol–water partition coefficient (Wildman–Crippen LogP) is 1.32. The molecule has 1 aliphatic heterocycles. The van der Waals surface area contributed by atoms with Crippen molar-refractivity contribution < 1.29 is 38.7 Å². The highest BCUT2D eigenvalue weighted by Crippen LogP contribution is 2.16. The number of ether oxygens (including phenoxy) is 4. The van der Waals surface area contributed by atoms with Gasteiger partial charge in [0.1, 0.15) is 5.69 Å². The zero-order valence-corrected chi connectivity index (χ0v) is 23.9. The average Bonchev–Trinajstić information content (AvgIpc) is 2.94. The van der Waals surface area contributed by atoms with Crippen LogP contribution in [0.5, 0.6) is 0 Å². The number of hydrogen-bond acceptors (Lipinski definition) is 11. The smallest absolute Gasteiger partial charge is 0.354 e. The minimum atomic E-state index is -1.06. The number of aromatic carboxylic acids is 2. The molecule has 0 radical (unpaired) electrons. The molecule has 1 saturated heterocycles. The molecule has 2 aromatic rings. The van der Waals surface area contributed by atoms with Gasteiger partial charge in [0.05, 0.1) is 64.2 Å². The van der Waals surface area contributed by atoms with Crippen molar-refractivity contribution in [2.45, 2.75) is 13.1 Å². The predicted molar refractivity (Wildman–Crippen MR) is 151 cm³/mol. The molecule has 0 unspecified atom stereocenters. The quantitative estimate of drug-likeness (QED) is 0.490. The van der Waals surface area contributed by atoms with E-state index in [-0.39, 0.29) is 11.4 Å². The molecule has 226 valence electrons. The summed E-state index contributed by atoms with van der Waals surface area (Å²) in [6.45, 7) is 7.11. The van der Waals surface area contributed by atoms with Gasteiger partial charge < -0.3 is 34.1 Å². The molecule has 3 heterocycles. The van der Waals surface area contributed by atoms with Crippen LogP contribution >= 0.6 is 0 Å². The summed E-state index contributed by atoms with van der Waals surface area (Å²) < 4.78 is 23.2. The van der Waals surface area contributed by atoms with E-state index in [0.717, 1.165) is 5.69 Å². The number of aromatic nitrogens is 2. The van der Waals surface area contributed by atoms with Gasteiger partial charge in [0.2, 0.25) is 0 Å². The molecular weight excluding hydrogens is 534 g/mol. The monoisotopic (exact) mass is 575 g/mol. The van der Waals surface area contributed by atoms with Crippen LogP contribution in [0.25, 0.3) is 0 Å². The Balaban J connectivity index is 1.53. The number of rotatable bonds is 7. The maximum Gasteiger partial charge on any atom is 0.354 e. The van der Waals surface area contributed by atoms with Gasteiger partial charge in [-0.2, -0.15) is 0 Å². The maximum atomic E-state index is 11.6. The summed E-state index contributed by atoms with van der Waals surface area (Å²) in [7, 11) is 3.73. The minimum Gasteiger partial charge on any atom is -0.477 e. The normalized spacial score (nSPS) is 17.8. The van der Waals surface area contributed by atoms with Crippen molar-refractivity contribution in [3.63, 3.8) is 0 Å². The van der Waals surface area contributed by atoms with Crippen LogP contribution in [-0.4, -0.2) is 135 Å². The van der Waals surface area contributed by atoms with Gasteiger partial charge in [-0.05, 0) is 24.3 Å². The molecule has 41 heavy (non-hydrogen) atoms. The van der Waals surface area contributed by atoms with E-state index in [4.69, 9.17) is 18.9 Å². The second-order valence-electron chi connectivity index (χ2n) is 9.72. The number of anilines is 1. The fourth-order valence-electron chi connectivity index (χ4n) is 4.12. The summed E-state index contributed by atoms with van der Waals surface area (Å²) >= 11 is 0. The van der Waals surface area contributed by atoms with Gasteiger partial charge in [0.25, 0.3) is 0 Å². The zero-order valence-electron chi connectivity index (χ0n) is 23.9. The largest absolute Gasteiger partial charge is 0.477 e. The Labute approximate surface area is 240 Å². The Morgan fingerprint density at radius 1 is 0.707 bits per heavy atom. The van der Waals surface area contributed by atoms with Crippen LogP contribution in [0.1, 0.15) is 32.4 Å². The van der Waals surface area contributed by atoms with Crippen LogP contribution in [0, 0.1) is 0 Å². The molecule has 0 saturated carbocycles. The van der Waals surface area contributed by atoms with Gasteiger partial charge in [0.15, 0.2) is 5.69 Å². The Bertz CT molecular complexity index is 1080. The van der Waals surface area contributed by atoms with Gasteiger partial charge in [0, 0.05) is 59.1 Å². The van der Waals surface area contributed by atoms with E-state index in [9.17, 15) is 19.8 Å². The summed E-state index contributed by atoms with van der Waals surface area (Å²) in [5, 5.41) is 18.7. The molecule has 2 N–H and O–H groups in total. The van der Waals surface area contributed by atoms with Crippen LogP contribution < -0.4 is 4.90 Å². The first kappa shape index (κ1) is 32.3. The molecule has 0 bridgehead atoms. The molecule has 2 aromatic heterocycles. The van der Waals surface area contributed by atoms with Gasteiger partial charge >= 0.3 is 11.9 Å². The standard InChI is InChI=1S/C28H41N5O8/c1-31(2)24-18-23(30-26(19-24)28(36)37)21-33-8-12-40-16-14-38-10-6-32(7-11-39-15-17-41-13-9-33)20-22-4-3-5-25(29-22)27(34)35/h3-5,18-19H,6-17,20-21H2,1-2H3,(H,34,35)(H,36,37). The molecule has 3 rings (SSSR count). The Morgan fingerprint density at radius 3 is 1.63 bits per heavy atom. The molecule has 0 atom stereocenters. The average molecular weight is 576 g/mol. The lowest BCUT2D eigenvalue weighted by Gasteiger charge is -2.24. The third kappa shape index (κ3) is 12.1. The van der Waals surface area contributed by atoms with Crippen molar-refractivity contribution in [1.82, 2.24) is 19.8 Å². The molecule has 1 fully saturated rings. The van der Waals surface area contributed by atoms with Crippen molar-refractivity contribution in [3.05, 3.63) is 53.1 Å². The van der Waals surface area contributed by atoms with Crippen LogP contribution in [-0.2, 0) is 32.0 Å². The fourth-order valence-corrected chi connectivity index (χ4v) is 4.12. The van der Waals surface area contributed by atoms with E-state index in [1.807, 2.05) is 31.1 Å². The third-order valence-corrected chi connectivity index (χ3v) is 6.35. The number of carboxylic acids is 2. The number of carbonyl (C=O) groups is 2. The lowest BCUT2D eigenvalue weighted by Crippen LogP contribution is -2.33. The van der Waals surface area contributed by atoms with Gasteiger partial charge in [-0.3, -0.25) is 9.80 Å². The van der Waals surface area contributed by atoms with Crippen LogP contribution in [0.3, 0.4) is 0 Å². The summed E-state index contributed by atoms with van der Waals surface area (Å²) in [5.41, 5.74) is 2.15. The summed E-state index contributed by atoms with van der Waals surface area (Å²) in [6, 6.07) is 8.44. The number of carboxylic acid groups (broad SMARTS) is 2. The van der Waals surface area contributed by atoms with E-state index in [2.05, 4.69) is 19.8 Å². The van der Waals surface area contributed by atoms with Crippen LogP contribution in [0.2, 0.25) is 0 Å². The Kier molecular flexibility index (Phi) is 13.9. The molecule has 13 nitrogen and oxygen atoms in total. The van der Waals surface area contributed by atoms with Crippen molar-refractivity contribution >= 4 is 17.6 Å². The SMILES string of the molecule is CN(C)c1cc(CN2CCOCCOCCN(Cc3cccc(C(=O)O)n3)CCOCCOCC2)nc(C(=O)O)c1. The molecule has 1 aliphatic rings. The second-order valence-corrected chi connectivity index (χ2v) is 9.72. The maximum absolute atomic E-state index is 11.6. The van der Waals surface area contributed by atoms with Crippen molar-refractivity contribution in [3.8, 4) is 0 Å². The van der Waals surface area contributed by atoms with Crippen LogP contribution in [0.15, 0.2) is 30.3 Å². The number of pyridine rings is 2. The highest BCUT2D eigenvalue weighted by Gasteiger charge is 2.14. The van der Waals surface area contributed by atoms with Crippen molar-refractivity contribution in [1.29, 1.82) is 0 Å². The van der Waals surface area contributed by atoms with Crippen LogP contribution in [0.4, 0.5) is 5.69 Å². The highest BCUT2D eigenvalue weighted by atomic mass is 16.5. The topological polar surface area (TPSA) is 147 Å². The van der Waals surface area contributed by atoms with Gasteiger partial charge in [-0.1, -0.05) is 6.07 Å². The summed E-state index contributed by atoms with van der Waals surface area (Å²) in [4.78, 5) is 37.5. The number of hydrogen-bond donors (Lipinski definition) is 2.